The van der Waals surface area contributed by atoms with Crippen molar-refractivity contribution in [3.8, 4) is 23.0 Å². The Bertz CT molecular complexity index is 1370. The number of aliphatic hydroxyl groups excluding tert-OH is 1. The van der Waals surface area contributed by atoms with Crippen LogP contribution in [0.15, 0.2) is 66.2 Å². The molecule has 1 atom stereocenters. The molecular weight excluding hydrogens is 481 g/mol. The third-order valence-electron chi connectivity index (χ3n) is 6.27. The highest BCUT2D eigenvalue weighted by Gasteiger charge is 2.46. The lowest BCUT2D eigenvalue weighted by Crippen LogP contribution is -2.31. The molecule has 9 heteroatoms. The second kappa shape index (κ2) is 10.6. The fourth-order valence-electron chi connectivity index (χ4n) is 4.37. The third-order valence-corrected chi connectivity index (χ3v) is 6.27. The van der Waals surface area contributed by atoms with Crippen LogP contribution in [0, 0.1) is 5.82 Å². The lowest BCUT2D eigenvalue weighted by Gasteiger charge is -2.26. The van der Waals surface area contributed by atoms with Crippen molar-refractivity contribution in [2.75, 3.05) is 27.9 Å². The average molecular weight is 508 g/mol. The van der Waals surface area contributed by atoms with E-state index in [2.05, 4.69) is 0 Å². The fourth-order valence-corrected chi connectivity index (χ4v) is 4.37. The van der Waals surface area contributed by atoms with Crippen molar-refractivity contribution in [2.45, 2.75) is 12.5 Å². The molecule has 0 aromatic heterocycles. The molecule has 4 rings (SSSR count). The molecule has 192 valence electrons. The van der Waals surface area contributed by atoms with E-state index in [-0.39, 0.29) is 29.2 Å². The Morgan fingerprint density at radius 1 is 0.892 bits per heavy atom. The number of carbonyl (C=O) groups is 2. The zero-order chi connectivity index (χ0) is 26.7. The average Bonchev–Trinajstić information content (AvgIpc) is 3.16. The van der Waals surface area contributed by atoms with Crippen LogP contribution in [0.4, 0.5) is 4.39 Å². The van der Waals surface area contributed by atoms with Gasteiger partial charge in [-0.1, -0.05) is 12.1 Å². The number of hydrogen-bond donors (Lipinski definition) is 2. The van der Waals surface area contributed by atoms with E-state index in [1.807, 2.05) is 6.07 Å². The molecule has 3 aromatic carbocycles. The number of halogens is 1. The van der Waals surface area contributed by atoms with Crippen molar-refractivity contribution in [3.05, 3.63) is 88.7 Å². The maximum absolute atomic E-state index is 13.5. The molecule has 2 N–H and O–H groups in total. The number of nitrogens with zero attached hydrogens (tertiary/aromatic N) is 1. The Kier molecular flexibility index (Phi) is 7.33. The monoisotopic (exact) mass is 507 g/mol. The first-order chi connectivity index (χ1) is 17.8. The number of methoxy groups -OCH3 is 3. The molecule has 1 heterocycles. The lowest BCUT2D eigenvalue weighted by molar-refractivity contribution is -0.139. The van der Waals surface area contributed by atoms with Gasteiger partial charge in [-0.15, -0.1) is 0 Å². The van der Waals surface area contributed by atoms with Gasteiger partial charge in [-0.2, -0.15) is 0 Å². The van der Waals surface area contributed by atoms with E-state index < -0.39 is 29.3 Å². The minimum atomic E-state index is -0.973. The largest absolute Gasteiger partial charge is 0.507 e. The predicted molar refractivity (Wildman–Crippen MR) is 133 cm³/mol. The van der Waals surface area contributed by atoms with E-state index in [1.54, 1.807) is 18.2 Å². The molecule has 0 saturated carbocycles. The molecule has 0 radical (unpaired) electrons. The van der Waals surface area contributed by atoms with Gasteiger partial charge in [0.1, 0.15) is 11.6 Å². The SMILES string of the molecule is COc1cc([C@@H]2C(=C(O)c3ccc(F)cc3)C(=O)C(=O)N2CCc2ccc(OC)c(OC)c2)ccc1O. The maximum atomic E-state index is 13.5. The minimum Gasteiger partial charge on any atom is -0.507 e. The summed E-state index contributed by atoms with van der Waals surface area (Å²) in [5, 5.41) is 21.2. The van der Waals surface area contributed by atoms with E-state index in [0.717, 1.165) is 17.7 Å². The summed E-state index contributed by atoms with van der Waals surface area (Å²) in [6.07, 6.45) is 0.371. The van der Waals surface area contributed by atoms with Gasteiger partial charge < -0.3 is 29.3 Å². The second-order valence-corrected chi connectivity index (χ2v) is 8.37. The highest BCUT2D eigenvalue weighted by atomic mass is 19.1. The standard InChI is InChI=1S/C28H26FNO7/c1-35-21-11-4-16(14-23(21)37-3)12-13-30-25(18-7-10-20(31)22(15-18)36-2)24(27(33)28(30)34)26(32)17-5-8-19(29)9-6-17/h4-11,14-15,25,31-32H,12-13H2,1-3H3/t25-/m1/s1. The number of amides is 1. The molecule has 0 bridgehead atoms. The lowest BCUT2D eigenvalue weighted by atomic mass is 9.95. The summed E-state index contributed by atoms with van der Waals surface area (Å²) in [5.74, 6) is -1.49. The molecule has 1 amide bonds. The van der Waals surface area contributed by atoms with Crippen LogP contribution >= 0.6 is 0 Å². The number of hydrogen-bond acceptors (Lipinski definition) is 7. The molecular formula is C28H26FNO7. The topological polar surface area (TPSA) is 106 Å². The first-order valence-electron chi connectivity index (χ1n) is 11.4. The predicted octanol–water partition coefficient (Wildman–Crippen LogP) is 4.22. The zero-order valence-electron chi connectivity index (χ0n) is 20.5. The molecule has 1 aliphatic rings. The summed E-state index contributed by atoms with van der Waals surface area (Å²) in [6, 6.07) is 13.8. The number of aromatic hydroxyl groups is 1. The Labute approximate surface area is 213 Å². The Morgan fingerprint density at radius 3 is 2.22 bits per heavy atom. The van der Waals surface area contributed by atoms with Crippen molar-refractivity contribution in [3.63, 3.8) is 0 Å². The highest BCUT2D eigenvalue weighted by molar-refractivity contribution is 6.46. The van der Waals surface area contributed by atoms with Crippen LogP contribution in [-0.4, -0.2) is 54.7 Å². The quantitative estimate of drug-likeness (QED) is 0.267. The van der Waals surface area contributed by atoms with Crippen molar-refractivity contribution in [1.29, 1.82) is 0 Å². The van der Waals surface area contributed by atoms with Crippen LogP contribution < -0.4 is 14.2 Å². The minimum absolute atomic E-state index is 0.118. The van der Waals surface area contributed by atoms with E-state index >= 15 is 0 Å². The van der Waals surface area contributed by atoms with Gasteiger partial charge in [0.15, 0.2) is 23.0 Å². The molecule has 0 aliphatic carbocycles. The zero-order valence-corrected chi connectivity index (χ0v) is 20.5. The summed E-state index contributed by atoms with van der Waals surface area (Å²) in [5.41, 5.74) is 1.33. The first kappa shape index (κ1) is 25.6. The van der Waals surface area contributed by atoms with Crippen LogP contribution in [0.3, 0.4) is 0 Å². The van der Waals surface area contributed by atoms with Gasteiger partial charge in [-0.3, -0.25) is 9.59 Å². The highest BCUT2D eigenvalue weighted by Crippen LogP contribution is 2.42. The van der Waals surface area contributed by atoms with Crippen LogP contribution in [0.25, 0.3) is 5.76 Å². The van der Waals surface area contributed by atoms with Crippen LogP contribution in [-0.2, 0) is 16.0 Å². The number of Topliss-reactive ketones (excluding diaryl/α,β-unsaturated/α-hetero) is 1. The van der Waals surface area contributed by atoms with Crippen LogP contribution in [0.5, 0.6) is 23.0 Å². The first-order valence-corrected chi connectivity index (χ1v) is 11.4. The molecule has 1 fully saturated rings. The number of rotatable bonds is 8. The van der Waals surface area contributed by atoms with Crippen molar-refractivity contribution in [2.24, 2.45) is 0 Å². The summed E-state index contributed by atoms with van der Waals surface area (Å²) in [7, 11) is 4.43. The number of benzene rings is 3. The van der Waals surface area contributed by atoms with Crippen molar-refractivity contribution < 1.29 is 38.4 Å². The second-order valence-electron chi connectivity index (χ2n) is 8.37. The van der Waals surface area contributed by atoms with Crippen molar-refractivity contribution in [1.82, 2.24) is 4.90 Å². The van der Waals surface area contributed by atoms with E-state index in [1.165, 1.54) is 50.5 Å². The summed E-state index contributed by atoms with van der Waals surface area (Å²) in [6.45, 7) is 0.133. The maximum Gasteiger partial charge on any atom is 0.295 e. The van der Waals surface area contributed by atoms with Gasteiger partial charge in [0.25, 0.3) is 11.7 Å². The number of phenols is 1. The van der Waals surface area contributed by atoms with Gasteiger partial charge in [0, 0.05) is 12.1 Å². The molecule has 1 aliphatic heterocycles. The van der Waals surface area contributed by atoms with Crippen molar-refractivity contribution >= 4 is 17.4 Å². The molecule has 0 spiro atoms. The van der Waals surface area contributed by atoms with Gasteiger partial charge in [0.2, 0.25) is 0 Å². The number of likely N-dealkylation sites (tertiary alicyclic amines) is 1. The number of carbonyl (C=O) groups excluding carboxylic acids is 2. The third kappa shape index (κ3) is 4.93. The molecule has 1 saturated heterocycles. The smallest absolute Gasteiger partial charge is 0.295 e. The van der Waals surface area contributed by atoms with Crippen LogP contribution in [0.1, 0.15) is 22.7 Å². The van der Waals surface area contributed by atoms with Gasteiger partial charge >= 0.3 is 0 Å². The number of aliphatic hydroxyl groups is 1. The summed E-state index contributed by atoms with van der Waals surface area (Å²) < 4.78 is 29.3. The van der Waals surface area contributed by atoms with E-state index in [9.17, 15) is 24.2 Å². The van der Waals surface area contributed by atoms with E-state index in [0.29, 0.717) is 23.5 Å². The van der Waals surface area contributed by atoms with Crippen LogP contribution in [0.2, 0.25) is 0 Å². The number of ketones is 1. The van der Waals surface area contributed by atoms with Gasteiger partial charge in [0.05, 0.1) is 32.9 Å². The van der Waals surface area contributed by atoms with E-state index in [4.69, 9.17) is 14.2 Å². The normalized spacial score (nSPS) is 16.6. The molecule has 8 nitrogen and oxygen atoms in total. The summed E-state index contributed by atoms with van der Waals surface area (Å²) >= 11 is 0. The number of phenolic OH excluding ortho intramolecular Hbond substituents is 1. The summed E-state index contributed by atoms with van der Waals surface area (Å²) in [4.78, 5) is 27.8. The molecule has 3 aromatic rings. The number of ether oxygens (including phenoxy) is 3. The van der Waals surface area contributed by atoms with Gasteiger partial charge in [-0.05, 0) is 66.1 Å². The Hall–Kier alpha value is -4.53. The fraction of sp³-hybridized carbons (Fsp3) is 0.214. The molecule has 0 unspecified atom stereocenters. The Morgan fingerprint density at radius 2 is 1.57 bits per heavy atom. The molecule has 37 heavy (non-hydrogen) atoms. The Balaban J connectivity index is 1.78. The van der Waals surface area contributed by atoms with Gasteiger partial charge in [-0.25, -0.2) is 4.39 Å².